The maximum Gasteiger partial charge on any atom is 0.162 e. The van der Waals surface area contributed by atoms with Gasteiger partial charge in [-0.05, 0) is 92.8 Å². The van der Waals surface area contributed by atoms with Crippen LogP contribution in [0.1, 0.15) is 54.0 Å². The highest BCUT2D eigenvalue weighted by molar-refractivity contribution is 6.22. The summed E-state index contributed by atoms with van der Waals surface area (Å²) in [5.74, 6) is 0.826. The number of aromatic nitrogens is 3. The minimum absolute atomic E-state index is 0.411. The fourth-order valence-electron chi connectivity index (χ4n) is 11.3. The van der Waals surface area contributed by atoms with Crippen molar-refractivity contribution in [2.75, 3.05) is 0 Å². The van der Waals surface area contributed by atoms with Gasteiger partial charge in [0.15, 0.2) is 5.65 Å². The number of hydrogen-bond acceptors (Lipinski definition) is 1. The van der Waals surface area contributed by atoms with Gasteiger partial charge in [0.05, 0.1) is 39.2 Å². The van der Waals surface area contributed by atoms with E-state index in [1.165, 1.54) is 105 Å². The average Bonchev–Trinajstić information content (AvgIpc) is 3.98. The first-order valence-electron chi connectivity index (χ1n) is 20.5. The summed E-state index contributed by atoms with van der Waals surface area (Å²) in [5, 5.41) is 5.18. The van der Waals surface area contributed by atoms with E-state index in [1.54, 1.807) is 0 Å². The number of benzene rings is 6. The van der Waals surface area contributed by atoms with Gasteiger partial charge in [0, 0.05) is 21.7 Å². The highest BCUT2D eigenvalue weighted by atomic mass is 15.1. The summed E-state index contributed by atoms with van der Waals surface area (Å²) in [6.07, 6.45) is 11.6. The second-order valence-corrected chi connectivity index (χ2v) is 16.8. The van der Waals surface area contributed by atoms with Crippen LogP contribution < -0.4 is 0 Å². The number of imidazole rings is 1. The predicted octanol–water partition coefficient (Wildman–Crippen LogP) is 13.1. The van der Waals surface area contributed by atoms with Crippen LogP contribution >= 0.6 is 0 Å². The molecule has 0 fully saturated rings. The van der Waals surface area contributed by atoms with Crippen molar-refractivity contribution in [3.8, 4) is 27.9 Å². The number of rotatable bonds is 3. The highest BCUT2D eigenvalue weighted by Crippen LogP contribution is 2.61. The molecule has 270 valence electrons. The van der Waals surface area contributed by atoms with Gasteiger partial charge in [-0.2, -0.15) is 0 Å². The second kappa shape index (κ2) is 11.2. The summed E-state index contributed by atoms with van der Waals surface area (Å²) < 4.78 is 5.18. The fraction of sp³-hybridized carbons (Fsp3) is 0.130. The summed E-state index contributed by atoms with van der Waals surface area (Å²) in [4.78, 5) is 5.79. The van der Waals surface area contributed by atoms with E-state index in [0.717, 1.165) is 18.5 Å². The molecule has 0 saturated carbocycles. The first-order valence-corrected chi connectivity index (χ1v) is 20.5. The molecule has 0 N–H and O–H groups in total. The van der Waals surface area contributed by atoms with E-state index < -0.39 is 5.41 Å². The Morgan fingerprint density at radius 1 is 0.579 bits per heavy atom. The van der Waals surface area contributed by atoms with E-state index in [1.807, 2.05) is 0 Å². The van der Waals surface area contributed by atoms with Gasteiger partial charge in [0.25, 0.3) is 0 Å². The number of para-hydroxylation sites is 1. The zero-order valence-corrected chi connectivity index (χ0v) is 32.0. The first kappa shape index (κ1) is 31.5. The molecule has 0 saturated heterocycles. The molecule has 9 aromatic rings. The van der Waals surface area contributed by atoms with Crippen LogP contribution in [0, 0.1) is 11.8 Å². The van der Waals surface area contributed by atoms with Gasteiger partial charge in [-0.1, -0.05) is 159 Å². The largest absolute Gasteiger partial charge is 0.305 e. The zero-order valence-electron chi connectivity index (χ0n) is 32.0. The lowest BCUT2D eigenvalue weighted by molar-refractivity contribution is 0.688. The first-order chi connectivity index (χ1) is 28.1. The van der Waals surface area contributed by atoms with Crippen LogP contribution in [-0.2, 0) is 11.8 Å². The monoisotopic (exact) mass is 729 g/mol. The molecular formula is C54H39N3. The van der Waals surface area contributed by atoms with E-state index in [4.69, 9.17) is 4.98 Å². The van der Waals surface area contributed by atoms with Gasteiger partial charge in [-0.25, -0.2) is 4.98 Å². The molecule has 4 aliphatic rings. The molecule has 2 atom stereocenters. The van der Waals surface area contributed by atoms with Crippen molar-refractivity contribution >= 4 is 49.9 Å². The van der Waals surface area contributed by atoms with Crippen LogP contribution in [0.25, 0.3) is 77.8 Å². The van der Waals surface area contributed by atoms with Crippen molar-refractivity contribution in [2.45, 2.75) is 32.1 Å². The van der Waals surface area contributed by atoms with Crippen molar-refractivity contribution in [1.29, 1.82) is 0 Å². The number of pyridine rings is 1. The molecule has 3 heteroatoms. The average molecular weight is 730 g/mol. The maximum atomic E-state index is 5.79. The molecular weight excluding hydrogens is 691 g/mol. The molecule has 6 aromatic carbocycles. The molecule has 13 rings (SSSR count). The zero-order chi connectivity index (χ0) is 37.6. The molecule has 0 bridgehead atoms. The Morgan fingerprint density at radius 2 is 1.21 bits per heavy atom. The van der Waals surface area contributed by atoms with Crippen LogP contribution in [0.2, 0.25) is 0 Å². The molecule has 2 unspecified atom stereocenters. The highest BCUT2D eigenvalue weighted by Gasteiger charge is 2.51. The normalized spacial score (nSPS) is 18.5. The minimum Gasteiger partial charge on any atom is -0.305 e. The summed E-state index contributed by atoms with van der Waals surface area (Å²) in [6, 6.07) is 52.2. The molecule has 3 nitrogen and oxygen atoms in total. The second-order valence-electron chi connectivity index (χ2n) is 16.8. The van der Waals surface area contributed by atoms with Gasteiger partial charge in [0.1, 0.15) is 0 Å². The van der Waals surface area contributed by atoms with Crippen molar-refractivity contribution < 1.29 is 0 Å². The summed E-state index contributed by atoms with van der Waals surface area (Å²) in [6.45, 7) is 4.69. The maximum absolute atomic E-state index is 5.79. The minimum atomic E-state index is -0.557. The Hall–Kier alpha value is -6.71. The summed E-state index contributed by atoms with van der Waals surface area (Å²) in [7, 11) is 0. The molecule has 4 aliphatic carbocycles. The molecule has 0 aliphatic heterocycles. The fourth-order valence-corrected chi connectivity index (χ4v) is 11.3. The summed E-state index contributed by atoms with van der Waals surface area (Å²) >= 11 is 0. The third kappa shape index (κ3) is 3.89. The number of allylic oxidation sites excluding steroid dienone is 5. The Labute approximate surface area is 331 Å². The van der Waals surface area contributed by atoms with Crippen LogP contribution in [0.4, 0.5) is 0 Å². The lowest BCUT2D eigenvalue weighted by Gasteiger charge is -2.36. The topological polar surface area (TPSA) is 22.2 Å². The molecule has 3 heterocycles. The molecule has 0 spiro atoms. The van der Waals surface area contributed by atoms with Crippen LogP contribution in [-0.4, -0.2) is 14.0 Å². The van der Waals surface area contributed by atoms with Gasteiger partial charge >= 0.3 is 0 Å². The van der Waals surface area contributed by atoms with E-state index in [9.17, 15) is 0 Å². The van der Waals surface area contributed by atoms with Crippen molar-refractivity contribution in [3.63, 3.8) is 0 Å². The smallest absolute Gasteiger partial charge is 0.162 e. The quantitative estimate of drug-likeness (QED) is 0.177. The SMILES string of the molecule is CC1C=CC2=C(C1)c1c(n3c4c(nc3c3c1c1ccccc1n3-c1ccc3c5c(cccc15)-c1ccccc1-3)CC(C)C=C4)C2(c1ccccc1)c1ccccc1. The van der Waals surface area contributed by atoms with Crippen molar-refractivity contribution in [1.82, 2.24) is 14.0 Å². The van der Waals surface area contributed by atoms with E-state index in [2.05, 4.69) is 187 Å². The number of hydrogen-bond donors (Lipinski definition) is 0. The van der Waals surface area contributed by atoms with Crippen LogP contribution in [0.5, 0.6) is 0 Å². The van der Waals surface area contributed by atoms with Crippen LogP contribution in [0.3, 0.4) is 0 Å². The van der Waals surface area contributed by atoms with E-state index in [-0.39, 0.29) is 0 Å². The van der Waals surface area contributed by atoms with E-state index >= 15 is 0 Å². The van der Waals surface area contributed by atoms with Gasteiger partial charge in [-0.15, -0.1) is 0 Å². The Bertz CT molecular complexity index is 3250. The molecule has 0 radical (unpaired) electrons. The Morgan fingerprint density at radius 3 is 1.98 bits per heavy atom. The lowest BCUT2D eigenvalue weighted by atomic mass is 9.67. The number of fused-ring (bicyclic) bond motifs is 14. The Kier molecular flexibility index (Phi) is 6.19. The number of nitrogens with zero attached hydrogens (tertiary/aromatic N) is 3. The standard InChI is InChI=1S/C54H39N3/c1-32-24-27-43-42(30-32)50-49-41-20-11-12-23-45(41)56(46-29-26-39-37-19-10-9-18-36(37)38-21-13-22-40(46)48(38)39)51(49)53-55-44-31-33(2)25-28-47(44)57(53)52(50)54(43,34-14-5-3-6-15-34)35-16-7-4-8-17-35/h3-29,32-33H,30-31H2,1-2H3. The molecule has 0 amide bonds. The van der Waals surface area contributed by atoms with Gasteiger partial charge < -0.3 is 4.57 Å². The van der Waals surface area contributed by atoms with Crippen molar-refractivity contribution in [3.05, 3.63) is 197 Å². The van der Waals surface area contributed by atoms with Crippen molar-refractivity contribution in [2.24, 2.45) is 11.8 Å². The van der Waals surface area contributed by atoms with Crippen LogP contribution in [0.15, 0.2) is 163 Å². The third-order valence-electron chi connectivity index (χ3n) is 13.6. The molecule has 3 aromatic heterocycles. The van der Waals surface area contributed by atoms with Gasteiger partial charge in [0.2, 0.25) is 0 Å². The predicted molar refractivity (Wildman–Crippen MR) is 236 cm³/mol. The van der Waals surface area contributed by atoms with Gasteiger partial charge in [-0.3, -0.25) is 4.40 Å². The lowest BCUT2D eigenvalue weighted by Crippen LogP contribution is -2.32. The summed E-state index contributed by atoms with van der Waals surface area (Å²) in [5.41, 5.74) is 19.8. The van der Waals surface area contributed by atoms with E-state index in [0.29, 0.717) is 11.8 Å². The third-order valence-corrected chi connectivity index (χ3v) is 13.6. The Balaban J connectivity index is 1.28. The molecule has 57 heavy (non-hydrogen) atoms.